The van der Waals surface area contributed by atoms with Crippen LogP contribution in [0.15, 0.2) is 41.2 Å². The highest BCUT2D eigenvalue weighted by molar-refractivity contribution is 6.04. The molecule has 10 nitrogen and oxygen atoms in total. The van der Waals surface area contributed by atoms with Crippen molar-refractivity contribution in [1.29, 1.82) is 0 Å². The van der Waals surface area contributed by atoms with Gasteiger partial charge in [0.2, 0.25) is 0 Å². The first-order chi connectivity index (χ1) is 15.5. The summed E-state index contributed by atoms with van der Waals surface area (Å²) < 4.78 is 5.59. The Morgan fingerprint density at radius 1 is 1.50 bits per heavy atom. The van der Waals surface area contributed by atoms with E-state index < -0.39 is 12.2 Å². The van der Waals surface area contributed by atoms with Gasteiger partial charge < -0.3 is 20.5 Å². The maximum Gasteiger partial charge on any atom is 0.407 e. The fourth-order valence-electron chi connectivity index (χ4n) is 4.28. The maximum atomic E-state index is 12.1. The molecule has 3 heterocycles. The van der Waals surface area contributed by atoms with Crippen molar-refractivity contribution < 1.29 is 14.6 Å². The molecule has 1 aromatic rings. The minimum absolute atomic E-state index is 0.0728. The van der Waals surface area contributed by atoms with Crippen LogP contribution in [-0.2, 0) is 4.74 Å². The Kier molecular flexibility index (Phi) is 6.59. The largest absolute Gasteiger partial charge is 0.446 e. The van der Waals surface area contributed by atoms with Gasteiger partial charge in [0, 0.05) is 42.5 Å². The van der Waals surface area contributed by atoms with Crippen LogP contribution in [0, 0.1) is 0 Å². The Hall–Kier alpha value is -3.14. The van der Waals surface area contributed by atoms with Gasteiger partial charge in [0.1, 0.15) is 18.0 Å². The Balaban J connectivity index is 1.31. The molecular weight excluding hydrogens is 410 g/mol. The number of hydrogen-bond acceptors (Lipinski definition) is 8. The molecule has 0 spiro atoms. The van der Waals surface area contributed by atoms with E-state index in [2.05, 4.69) is 37.5 Å². The number of aliphatic hydroxyl groups excluding tert-OH is 1. The van der Waals surface area contributed by atoms with E-state index in [9.17, 15) is 9.90 Å². The summed E-state index contributed by atoms with van der Waals surface area (Å²) in [7, 11) is 0. The number of ether oxygens (including phenoxy) is 1. The molecule has 4 rings (SSSR count). The third-order valence-corrected chi connectivity index (χ3v) is 6.18. The zero-order valence-corrected chi connectivity index (χ0v) is 18.5. The number of carbonyl (C=O) groups excluding carboxylic acids is 1. The lowest BCUT2D eigenvalue weighted by molar-refractivity contribution is 0.0983. The van der Waals surface area contributed by atoms with Crippen LogP contribution < -0.4 is 10.6 Å². The van der Waals surface area contributed by atoms with Crippen molar-refractivity contribution in [3.63, 3.8) is 0 Å². The summed E-state index contributed by atoms with van der Waals surface area (Å²) in [4.78, 5) is 16.5. The number of fused-ring (bicyclic) bond motifs is 1. The summed E-state index contributed by atoms with van der Waals surface area (Å²) in [6.07, 6.45) is 7.99. The van der Waals surface area contributed by atoms with E-state index in [4.69, 9.17) is 4.74 Å². The Morgan fingerprint density at radius 2 is 2.34 bits per heavy atom. The SMILES string of the molecule is C=C[C@H](CC)NC(=O)O[C@@H]1CC[C@H](c2cc(NC3=NC=CN4N=C([C@H](C)O)CC34)n[nH]2)C1. The molecule has 1 fully saturated rings. The molecule has 2 aliphatic heterocycles. The second-order valence-corrected chi connectivity index (χ2v) is 8.45. The van der Waals surface area contributed by atoms with Crippen molar-refractivity contribution in [2.24, 2.45) is 10.1 Å². The number of amidine groups is 1. The summed E-state index contributed by atoms with van der Waals surface area (Å²) >= 11 is 0. The number of hydrogen-bond donors (Lipinski definition) is 4. The van der Waals surface area contributed by atoms with Gasteiger partial charge >= 0.3 is 6.09 Å². The summed E-state index contributed by atoms with van der Waals surface area (Å²) in [5.41, 5.74) is 1.74. The summed E-state index contributed by atoms with van der Waals surface area (Å²) in [6, 6.07) is 1.83. The van der Waals surface area contributed by atoms with Gasteiger partial charge in [-0.05, 0) is 32.6 Å². The third-order valence-electron chi connectivity index (χ3n) is 6.18. The van der Waals surface area contributed by atoms with Crippen molar-refractivity contribution in [2.75, 3.05) is 5.32 Å². The number of alkyl carbamates (subject to hydrolysis) is 1. The smallest absolute Gasteiger partial charge is 0.407 e. The summed E-state index contributed by atoms with van der Waals surface area (Å²) in [5.74, 6) is 1.67. The molecule has 0 radical (unpaired) electrons. The van der Waals surface area contributed by atoms with Crippen LogP contribution in [0.25, 0.3) is 0 Å². The van der Waals surface area contributed by atoms with Gasteiger partial charge in [-0.25, -0.2) is 9.79 Å². The second kappa shape index (κ2) is 9.56. The van der Waals surface area contributed by atoms with Gasteiger partial charge in [0.15, 0.2) is 5.82 Å². The number of nitrogens with one attached hydrogen (secondary N) is 3. The Morgan fingerprint density at radius 3 is 3.09 bits per heavy atom. The minimum Gasteiger partial charge on any atom is -0.446 e. The number of aliphatic imine (C=N–C) groups is 1. The van der Waals surface area contributed by atoms with E-state index in [1.165, 1.54) is 0 Å². The van der Waals surface area contributed by atoms with Crippen LogP contribution in [0.1, 0.15) is 57.6 Å². The van der Waals surface area contributed by atoms with E-state index in [1.54, 1.807) is 25.4 Å². The number of H-pyrrole nitrogens is 1. The standard InChI is InChI=1S/C22H31N7O3/c1-4-15(5-2)24-22(31)32-16-7-6-14(10-16)18-12-20(27-26-18)25-21-19-11-17(13(3)30)28-29(19)9-8-23-21/h4,8-9,12-16,19,30H,1,5-7,10-11H2,2-3H3,(H,24,31)(H2,23,25,26,27)/t13-,14-,15+,16+,19?/m0/s1. The number of anilines is 1. The minimum atomic E-state index is -0.587. The van der Waals surface area contributed by atoms with Gasteiger partial charge in [-0.2, -0.15) is 10.2 Å². The molecule has 3 aliphatic rings. The van der Waals surface area contributed by atoms with Crippen LogP contribution in [0.5, 0.6) is 0 Å². The molecule has 5 atom stereocenters. The fraction of sp³-hybridized carbons (Fsp3) is 0.545. The maximum absolute atomic E-state index is 12.1. The number of rotatable bonds is 7. The highest BCUT2D eigenvalue weighted by atomic mass is 16.6. The molecule has 10 heteroatoms. The van der Waals surface area contributed by atoms with Crippen molar-refractivity contribution >= 4 is 23.5 Å². The van der Waals surface area contributed by atoms with Crippen LogP contribution >= 0.6 is 0 Å². The molecule has 1 aromatic heterocycles. The fourth-order valence-corrected chi connectivity index (χ4v) is 4.28. The first kappa shape index (κ1) is 22.1. The average molecular weight is 442 g/mol. The number of amides is 1. The van der Waals surface area contributed by atoms with E-state index in [-0.39, 0.29) is 24.1 Å². The lowest BCUT2D eigenvalue weighted by atomic mass is 10.0. The highest BCUT2D eigenvalue weighted by Gasteiger charge is 2.34. The molecule has 1 unspecified atom stereocenters. The van der Waals surface area contributed by atoms with Gasteiger partial charge in [-0.1, -0.05) is 13.0 Å². The van der Waals surface area contributed by atoms with Crippen LogP contribution in [-0.4, -0.2) is 62.2 Å². The van der Waals surface area contributed by atoms with Gasteiger partial charge in [-0.15, -0.1) is 6.58 Å². The van der Waals surface area contributed by atoms with E-state index in [0.29, 0.717) is 12.2 Å². The summed E-state index contributed by atoms with van der Waals surface area (Å²) in [5, 5.41) is 29.7. The lowest BCUT2D eigenvalue weighted by Gasteiger charge is -2.24. The van der Waals surface area contributed by atoms with Crippen LogP contribution in [0.3, 0.4) is 0 Å². The van der Waals surface area contributed by atoms with E-state index in [0.717, 1.165) is 42.9 Å². The van der Waals surface area contributed by atoms with E-state index in [1.807, 2.05) is 18.0 Å². The topological polar surface area (TPSA) is 127 Å². The number of aliphatic hydroxyl groups is 1. The Labute approximate surface area is 187 Å². The zero-order valence-electron chi connectivity index (χ0n) is 18.5. The number of aromatic amines is 1. The molecule has 1 amide bonds. The Bertz CT molecular complexity index is 936. The summed E-state index contributed by atoms with van der Waals surface area (Å²) in [6.45, 7) is 7.43. The molecule has 172 valence electrons. The van der Waals surface area contributed by atoms with Crippen molar-refractivity contribution in [2.45, 2.75) is 76.2 Å². The van der Waals surface area contributed by atoms with Gasteiger partial charge in [0.05, 0.1) is 11.8 Å². The third kappa shape index (κ3) is 4.85. The first-order valence-corrected chi connectivity index (χ1v) is 11.2. The molecule has 0 aromatic carbocycles. The predicted molar refractivity (Wildman–Crippen MR) is 122 cm³/mol. The predicted octanol–water partition coefficient (Wildman–Crippen LogP) is 2.84. The molecule has 1 saturated carbocycles. The van der Waals surface area contributed by atoms with Crippen molar-refractivity contribution in [3.8, 4) is 0 Å². The average Bonchev–Trinajstić information content (AvgIpc) is 3.51. The normalized spacial score (nSPS) is 26.1. The van der Waals surface area contributed by atoms with Crippen LogP contribution in [0.2, 0.25) is 0 Å². The molecule has 0 saturated heterocycles. The van der Waals surface area contributed by atoms with Gasteiger partial charge in [0.25, 0.3) is 0 Å². The zero-order chi connectivity index (χ0) is 22.7. The number of aromatic nitrogens is 2. The monoisotopic (exact) mass is 441 g/mol. The molecule has 0 bridgehead atoms. The second-order valence-electron chi connectivity index (χ2n) is 8.45. The first-order valence-electron chi connectivity index (χ1n) is 11.2. The molecular formula is C22H31N7O3. The molecule has 32 heavy (non-hydrogen) atoms. The van der Waals surface area contributed by atoms with Crippen LogP contribution in [0.4, 0.5) is 10.6 Å². The lowest BCUT2D eigenvalue weighted by Crippen LogP contribution is -2.38. The quantitative estimate of drug-likeness (QED) is 0.482. The molecule has 1 aliphatic carbocycles. The van der Waals surface area contributed by atoms with E-state index >= 15 is 0 Å². The highest BCUT2D eigenvalue weighted by Crippen LogP contribution is 2.36. The number of nitrogens with zero attached hydrogens (tertiary/aromatic N) is 4. The molecule has 4 N–H and O–H groups in total. The van der Waals surface area contributed by atoms with Crippen molar-refractivity contribution in [3.05, 3.63) is 36.8 Å². The van der Waals surface area contributed by atoms with Gasteiger partial charge in [-0.3, -0.25) is 10.1 Å². The van der Waals surface area contributed by atoms with Crippen molar-refractivity contribution in [1.82, 2.24) is 20.5 Å². The number of carbonyl (C=O) groups is 1. The number of hydrazone groups is 1.